The average Bonchev–Trinajstić information content (AvgIpc) is 2.96. The molecule has 0 aromatic heterocycles. The van der Waals surface area contributed by atoms with E-state index in [1.165, 1.54) is 25.3 Å². The van der Waals surface area contributed by atoms with Crippen LogP contribution in [0.4, 0.5) is 8.78 Å². The maximum Gasteiger partial charge on any atom is 0.399 e. The van der Waals surface area contributed by atoms with E-state index in [0.717, 1.165) is 22.5 Å². The summed E-state index contributed by atoms with van der Waals surface area (Å²) in [6, 6.07) is 22.4. The van der Waals surface area contributed by atoms with Crippen LogP contribution in [-0.2, 0) is 33.3 Å². The van der Waals surface area contributed by atoms with E-state index in [4.69, 9.17) is 31.9 Å². The standard InChI is InChI=1S/C29H26ClF2N2O7PS/c1-41-26-8-4-5-9-27(26)43(39,40)34(17-19-10-15-24(25(30)16-19)29(31,32)42(36,37)38)18-22-6-2-3-7-23(22)20-11-13-21(14-12-20)28(33)35/h2-16H,17-18H2,1H3,(H2,33,35)(H2,36,37,38). The normalized spacial score (nSPS) is 12.3. The highest BCUT2D eigenvalue weighted by molar-refractivity contribution is 7.89. The first-order chi connectivity index (χ1) is 20.2. The molecule has 0 saturated carbocycles. The first kappa shape index (κ1) is 32.3. The summed E-state index contributed by atoms with van der Waals surface area (Å²) in [5, 5.41) is -0.643. The molecule has 0 atom stereocenters. The summed E-state index contributed by atoms with van der Waals surface area (Å²) in [5.74, 6) is -0.519. The Morgan fingerprint density at radius 2 is 1.60 bits per heavy atom. The zero-order chi connectivity index (χ0) is 31.6. The molecule has 0 radical (unpaired) electrons. The zero-order valence-corrected chi connectivity index (χ0v) is 25.0. The lowest BCUT2D eigenvalue weighted by Gasteiger charge is -2.25. The molecule has 0 aliphatic carbocycles. The number of primary amides is 1. The fourth-order valence-electron chi connectivity index (χ4n) is 4.40. The number of nitrogens with two attached hydrogens (primary N) is 1. The number of halogens is 3. The van der Waals surface area contributed by atoms with Crippen molar-refractivity contribution >= 4 is 35.1 Å². The summed E-state index contributed by atoms with van der Waals surface area (Å²) in [4.78, 5) is 29.6. The van der Waals surface area contributed by atoms with E-state index in [2.05, 4.69) is 0 Å². The van der Waals surface area contributed by atoms with Gasteiger partial charge in [0.15, 0.2) is 0 Å². The molecule has 4 rings (SSSR count). The molecule has 4 aromatic carbocycles. The third-order valence-electron chi connectivity index (χ3n) is 6.61. The van der Waals surface area contributed by atoms with Crippen molar-refractivity contribution in [1.82, 2.24) is 4.31 Å². The summed E-state index contributed by atoms with van der Waals surface area (Å²) in [6.45, 7) is -0.539. The third kappa shape index (κ3) is 6.80. The van der Waals surface area contributed by atoms with Crippen LogP contribution in [0.3, 0.4) is 0 Å². The second-order valence-corrected chi connectivity index (χ2v) is 13.4. The van der Waals surface area contributed by atoms with Gasteiger partial charge in [-0.05, 0) is 52.6 Å². The minimum absolute atomic E-state index is 0.0810. The molecule has 14 heteroatoms. The number of alkyl halides is 2. The van der Waals surface area contributed by atoms with Crippen LogP contribution in [0.5, 0.6) is 5.75 Å². The monoisotopic (exact) mass is 650 g/mol. The van der Waals surface area contributed by atoms with Crippen molar-refractivity contribution in [2.75, 3.05) is 7.11 Å². The van der Waals surface area contributed by atoms with Crippen molar-refractivity contribution in [1.29, 1.82) is 0 Å². The molecule has 4 aromatic rings. The fourth-order valence-corrected chi connectivity index (χ4v) is 6.86. The predicted molar refractivity (Wildman–Crippen MR) is 157 cm³/mol. The van der Waals surface area contributed by atoms with E-state index < -0.39 is 39.8 Å². The van der Waals surface area contributed by atoms with Gasteiger partial charge in [-0.15, -0.1) is 0 Å². The van der Waals surface area contributed by atoms with Gasteiger partial charge in [-0.2, -0.15) is 13.1 Å². The molecule has 0 aliphatic heterocycles. The molecule has 0 heterocycles. The van der Waals surface area contributed by atoms with Crippen molar-refractivity contribution in [3.63, 3.8) is 0 Å². The summed E-state index contributed by atoms with van der Waals surface area (Å²) in [5.41, 5.74) is 2.11. The molecule has 0 unspecified atom stereocenters. The quantitative estimate of drug-likeness (QED) is 0.176. The Kier molecular flexibility index (Phi) is 9.41. The van der Waals surface area contributed by atoms with Crippen molar-refractivity contribution in [3.05, 3.63) is 118 Å². The number of carbonyl (C=O) groups excluding carboxylic acids is 1. The molecule has 0 bridgehead atoms. The van der Waals surface area contributed by atoms with Crippen LogP contribution in [0.1, 0.15) is 27.0 Å². The fraction of sp³-hybridized carbons (Fsp3) is 0.138. The van der Waals surface area contributed by atoms with Gasteiger partial charge in [-0.1, -0.05) is 72.3 Å². The molecule has 226 valence electrons. The highest BCUT2D eigenvalue weighted by atomic mass is 35.5. The Morgan fingerprint density at radius 3 is 2.21 bits per heavy atom. The minimum Gasteiger partial charge on any atom is -0.495 e. The molecule has 43 heavy (non-hydrogen) atoms. The summed E-state index contributed by atoms with van der Waals surface area (Å²) < 4.78 is 74.7. The van der Waals surface area contributed by atoms with E-state index >= 15 is 0 Å². The lowest BCUT2D eigenvalue weighted by molar-refractivity contribution is 0.0565. The zero-order valence-electron chi connectivity index (χ0n) is 22.5. The molecule has 1 amide bonds. The number of methoxy groups -OCH3 is 1. The van der Waals surface area contributed by atoms with Gasteiger partial charge in [0, 0.05) is 18.7 Å². The number of rotatable bonds is 11. The maximum atomic E-state index is 14.4. The first-order valence-corrected chi connectivity index (χ1v) is 15.9. The Balaban J connectivity index is 1.80. The van der Waals surface area contributed by atoms with Gasteiger partial charge in [-0.3, -0.25) is 9.36 Å². The number of sulfonamides is 1. The van der Waals surface area contributed by atoms with Crippen molar-refractivity contribution in [2.45, 2.75) is 23.6 Å². The number of nitrogens with zero attached hydrogens (tertiary/aromatic N) is 1. The smallest absolute Gasteiger partial charge is 0.399 e. The predicted octanol–water partition coefficient (Wildman–Crippen LogP) is 5.73. The Morgan fingerprint density at radius 1 is 0.977 bits per heavy atom. The molecule has 0 saturated heterocycles. The number of amides is 1. The molecule has 0 spiro atoms. The second kappa shape index (κ2) is 12.5. The molecular formula is C29H26ClF2N2O7PS. The van der Waals surface area contributed by atoms with Gasteiger partial charge < -0.3 is 20.3 Å². The lowest BCUT2D eigenvalue weighted by atomic mass is 9.98. The SMILES string of the molecule is COc1ccccc1S(=O)(=O)N(Cc1ccc(C(F)(F)P(=O)(O)O)c(Cl)c1)Cc1ccccc1-c1ccc(C(N)=O)cc1. The number of hydrogen-bond acceptors (Lipinski definition) is 5. The molecular weight excluding hydrogens is 625 g/mol. The maximum absolute atomic E-state index is 14.4. The summed E-state index contributed by atoms with van der Waals surface area (Å²) in [6.07, 6.45) is 0. The van der Waals surface area contributed by atoms with Gasteiger partial charge in [0.25, 0.3) is 0 Å². The van der Waals surface area contributed by atoms with E-state index in [-0.39, 0.29) is 29.3 Å². The van der Waals surface area contributed by atoms with Crippen molar-refractivity contribution in [3.8, 4) is 16.9 Å². The van der Waals surface area contributed by atoms with Crippen molar-refractivity contribution < 1.29 is 41.1 Å². The summed E-state index contributed by atoms with van der Waals surface area (Å²) in [7, 11) is -8.87. The van der Waals surface area contributed by atoms with Crippen LogP contribution < -0.4 is 10.5 Å². The molecule has 9 nitrogen and oxygen atoms in total. The van der Waals surface area contributed by atoms with Gasteiger partial charge in [-0.25, -0.2) is 8.42 Å². The van der Waals surface area contributed by atoms with Crippen LogP contribution in [0, 0.1) is 0 Å². The Labute approximate surface area is 251 Å². The largest absolute Gasteiger partial charge is 0.495 e. The number of carbonyl (C=O) groups is 1. The van der Waals surface area contributed by atoms with Crippen LogP contribution in [0.25, 0.3) is 11.1 Å². The number of ether oxygens (including phenoxy) is 1. The van der Waals surface area contributed by atoms with Crippen LogP contribution in [-0.4, -0.2) is 35.5 Å². The van der Waals surface area contributed by atoms with E-state index in [1.54, 1.807) is 54.6 Å². The number of benzene rings is 4. The molecule has 0 fully saturated rings. The number of para-hydroxylation sites is 1. The second-order valence-electron chi connectivity index (χ2n) is 9.42. The lowest BCUT2D eigenvalue weighted by Crippen LogP contribution is -2.31. The molecule has 4 N–H and O–H groups in total. The Hall–Kier alpha value is -3.64. The van der Waals surface area contributed by atoms with Gasteiger partial charge in [0.1, 0.15) is 10.6 Å². The summed E-state index contributed by atoms with van der Waals surface area (Å²) >= 11 is 6.04. The van der Waals surface area contributed by atoms with Crippen LogP contribution in [0.15, 0.2) is 95.9 Å². The van der Waals surface area contributed by atoms with Crippen LogP contribution >= 0.6 is 19.2 Å². The highest BCUT2D eigenvalue weighted by Crippen LogP contribution is 2.60. The third-order valence-corrected chi connectivity index (χ3v) is 9.73. The number of hydrogen-bond donors (Lipinski definition) is 3. The van der Waals surface area contributed by atoms with Gasteiger partial charge in [0.05, 0.1) is 17.7 Å². The average molecular weight is 651 g/mol. The first-order valence-electron chi connectivity index (χ1n) is 12.5. The van der Waals surface area contributed by atoms with Gasteiger partial charge >= 0.3 is 13.3 Å². The Bertz CT molecular complexity index is 1820. The van der Waals surface area contributed by atoms with Crippen molar-refractivity contribution in [2.24, 2.45) is 5.73 Å². The minimum atomic E-state index is -5.89. The van der Waals surface area contributed by atoms with Gasteiger partial charge in [0.2, 0.25) is 15.9 Å². The van der Waals surface area contributed by atoms with E-state index in [9.17, 15) is 26.6 Å². The van der Waals surface area contributed by atoms with Crippen LogP contribution in [0.2, 0.25) is 5.02 Å². The topological polar surface area (TPSA) is 147 Å². The van der Waals surface area contributed by atoms with E-state index in [0.29, 0.717) is 22.3 Å². The van der Waals surface area contributed by atoms with E-state index in [1.807, 2.05) is 0 Å². The highest BCUT2D eigenvalue weighted by Gasteiger charge is 2.51. The molecule has 0 aliphatic rings.